The number of amides is 1. The number of carbonyl (C=O) groups is 2. The molecule has 0 saturated carbocycles. The van der Waals surface area contributed by atoms with Crippen molar-refractivity contribution in [2.24, 2.45) is 5.10 Å². The van der Waals surface area contributed by atoms with Crippen LogP contribution < -0.4 is 10.2 Å². The molecule has 0 saturated heterocycles. The Morgan fingerprint density at radius 2 is 1.94 bits per heavy atom. The molecule has 9 nitrogen and oxygen atoms in total. The lowest BCUT2D eigenvalue weighted by atomic mass is 10.2. The van der Waals surface area contributed by atoms with Crippen molar-refractivity contribution in [1.29, 1.82) is 0 Å². The Morgan fingerprint density at radius 3 is 2.58 bits per heavy atom. The fourth-order valence-corrected chi connectivity index (χ4v) is 4.84. The third-order valence-corrected chi connectivity index (χ3v) is 6.19. The molecule has 3 rings (SSSR count). The topological polar surface area (TPSA) is 120 Å². The molecule has 0 aliphatic rings. The summed E-state index contributed by atoms with van der Waals surface area (Å²) in [6.07, 6.45) is 1.44. The number of benzene rings is 2. The lowest BCUT2D eigenvalue weighted by molar-refractivity contribution is -0.384. The van der Waals surface area contributed by atoms with Crippen molar-refractivity contribution in [2.45, 2.75) is 0 Å². The number of rotatable bonds is 7. The van der Waals surface area contributed by atoms with Gasteiger partial charge in [0.05, 0.1) is 32.1 Å². The Morgan fingerprint density at radius 1 is 1.23 bits per heavy atom. The van der Waals surface area contributed by atoms with Crippen LogP contribution in [0, 0.1) is 10.1 Å². The number of nitro benzene ring substituents is 1. The van der Waals surface area contributed by atoms with Crippen LogP contribution in [0.2, 0.25) is 0 Å². The van der Waals surface area contributed by atoms with Gasteiger partial charge in [-0.1, -0.05) is 0 Å². The summed E-state index contributed by atoms with van der Waals surface area (Å²) in [7, 11) is 1.27. The summed E-state index contributed by atoms with van der Waals surface area (Å²) in [5, 5.41) is 15.5. The molecule has 0 spiro atoms. The monoisotopic (exact) mass is 569 g/mol. The first-order chi connectivity index (χ1) is 14.8. The molecule has 160 valence electrons. The minimum atomic E-state index is -0.511. The molecular formula is C19H13Br2N3O6S. The zero-order valence-electron chi connectivity index (χ0n) is 15.8. The summed E-state index contributed by atoms with van der Waals surface area (Å²) in [5.74, 6) is -0.523. The van der Waals surface area contributed by atoms with Crippen LogP contribution in [0.15, 0.2) is 50.4 Å². The number of fused-ring (bicyclic) bond motifs is 1. The highest BCUT2D eigenvalue weighted by Gasteiger charge is 2.14. The lowest BCUT2D eigenvalue weighted by Gasteiger charge is -2.10. The maximum absolute atomic E-state index is 12.4. The minimum absolute atomic E-state index is 0.0366. The Kier molecular flexibility index (Phi) is 7.36. The second kappa shape index (κ2) is 9.98. The van der Waals surface area contributed by atoms with Crippen LogP contribution in [0.3, 0.4) is 0 Å². The van der Waals surface area contributed by atoms with Crippen LogP contribution in [0.5, 0.6) is 5.75 Å². The SMILES string of the molecule is COC(=O)COc1c(Br)cc(/C=N\NC(=O)c2cc3cc([N+](=O)[O-])ccc3s2)cc1Br. The number of thiophene rings is 1. The van der Waals surface area contributed by atoms with E-state index < -0.39 is 16.8 Å². The predicted molar refractivity (Wildman–Crippen MR) is 123 cm³/mol. The number of halogens is 2. The van der Waals surface area contributed by atoms with Gasteiger partial charge < -0.3 is 9.47 Å². The number of hydrazone groups is 1. The Hall–Kier alpha value is -2.83. The van der Waals surface area contributed by atoms with E-state index in [0.717, 1.165) is 4.70 Å². The largest absolute Gasteiger partial charge is 0.480 e. The molecule has 1 heterocycles. The molecule has 0 aliphatic carbocycles. The summed E-state index contributed by atoms with van der Waals surface area (Å²) in [6.45, 7) is -0.241. The van der Waals surface area contributed by atoms with E-state index in [1.165, 1.54) is 36.8 Å². The maximum Gasteiger partial charge on any atom is 0.343 e. The van der Waals surface area contributed by atoms with Gasteiger partial charge >= 0.3 is 5.97 Å². The molecule has 0 fully saturated rings. The molecule has 0 atom stereocenters. The van der Waals surface area contributed by atoms with Crippen LogP contribution in [0.4, 0.5) is 5.69 Å². The zero-order chi connectivity index (χ0) is 22.5. The van der Waals surface area contributed by atoms with Crippen LogP contribution in [-0.2, 0) is 9.53 Å². The quantitative estimate of drug-likeness (QED) is 0.191. The van der Waals surface area contributed by atoms with E-state index in [0.29, 0.717) is 30.5 Å². The molecule has 0 radical (unpaired) electrons. The van der Waals surface area contributed by atoms with Crippen molar-refractivity contribution in [2.75, 3.05) is 13.7 Å². The van der Waals surface area contributed by atoms with Crippen LogP contribution in [-0.4, -0.2) is 36.7 Å². The number of nitro groups is 1. The van der Waals surface area contributed by atoms with Gasteiger partial charge in [-0.2, -0.15) is 5.10 Å². The standard InChI is InChI=1S/C19H13Br2N3O6S/c1-29-17(25)9-30-18-13(20)4-10(5-14(18)21)8-22-23-19(26)16-7-11-6-12(24(27)28)2-3-15(11)31-16/h2-8H,9H2,1H3,(H,23,26)/b22-8-. The molecule has 0 unspecified atom stereocenters. The summed E-state index contributed by atoms with van der Waals surface area (Å²) < 4.78 is 11.8. The smallest absolute Gasteiger partial charge is 0.343 e. The predicted octanol–water partition coefficient (Wildman–Crippen LogP) is 4.65. The van der Waals surface area contributed by atoms with Gasteiger partial charge in [0.25, 0.3) is 11.6 Å². The summed E-state index contributed by atoms with van der Waals surface area (Å²) >= 11 is 7.93. The second-order valence-electron chi connectivity index (χ2n) is 5.97. The van der Waals surface area contributed by atoms with Crippen molar-refractivity contribution in [3.8, 4) is 5.75 Å². The third-order valence-electron chi connectivity index (χ3n) is 3.90. The minimum Gasteiger partial charge on any atom is -0.480 e. The number of esters is 1. The number of carbonyl (C=O) groups excluding carboxylic acids is 2. The maximum atomic E-state index is 12.4. The summed E-state index contributed by atoms with van der Waals surface area (Å²) in [5.41, 5.74) is 3.04. The van der Waals surface area contributed by atoms with Crippen molar-refractivity contribution < 1.29 is 24.0 Å². The number of hydrogen-bond donors (Lipinski definition) is 1. The number of non-ortho nitro benzene ring substituents is 1. The molecule has 1 aromatic heterocycles. The van der Waals surface area contributed by atoms with Crippen molar-refractivity contribution >= 4 is 77.1 Å². The molecule has 1 N–H and O–H groups in total. The zero-order valence-corrected chi connectivity index (χ0v) is 19.7. The molecule has 0 bridgehead atoms. The Balaban J connectivity index is 1.68. The van der Waals surface area contributed by atoms with Gasteiger partial charge in [-0.05, 0) is 61.7 Å². The van der Waals surface area contributed by atoms with Gasteiger partial charge in [-0.25, -0.2) is 10.2 Å². The number of ether oxygens (including phenoxy) is 2. The van der Waals surface area contributed by atoms with Crippen LogP contribution in [0.25, 0.3) is 10.1 Å². The summed E-state index contributed by atoms with van der Waals surface area (Å²) in [6, 6.07) is 9.41. The van der Waals surface area contributed by atoms with Gasteiger partial charge in [0.2, 0.25) is 0 Å². The van der Waals surface area contributed by atoms with E-state index >= 15 is 0 Å². The van der Waals surface area contributed by atoms with E-state index in [4.69, 9.17) is 4.74 Å². The summed E-state index contributed by atoms with van der Waals surface area (Å²) in [4.78, 5) is 34.4. The molecule has 31 heavy (non-hydrogen) atoms. The van der Waals surface area contributed by atoms with Gasteiger partial charge in [0.1, 0.15) is 5.75 Å². The molecule has 2 aromatic carbocycles. The lowest BCUT2D eigenvalue weighted by Crippen LogP contribution is -2.16. The van der Waals surface area contributed by atoms with Gasteiger partial charge in [-0.3, -0.25) is 14.9 Å². The van der Waals surface area contributed by atoms with Crippen molar-refractivity contribution in [1.82, 2.24) is 5.43 Å². The van der Waals surface area contributed by atoms with E-state index in [1.54, 1.807) is 24.3 Å². The fourth-order valence-electron chi connectivity index (χ4n) is 2.46. The fraction of sp³-hybridized carbons (Fsp3) is 0.105. The average Bonchev–Trinajstić information content (AvgIpc) is 3.16. The Bertz CT molecular complexity index is 1190. The highest BCUT2D eigenvalue weighted by Crippen LogP contribution is 2.34. The van der Waals surface area contributed by atoms with E-state index in [-0.39, 0.29) is 12.3 Å². The normalized spacial score (nSPS) is 10.9. The number of methoxy groups -OCH3 is 1. The molecule has 0 aliphatic heterocycles. The molecule has 12 heteroatoms. The third kappa shape index (κ3) is 5.66. The van der Waals surface area contributed by atoms with E-state index in [2.05, 4.69) is 47.1 Å². The highest BCUT2D eigenvalue weighted by atomic mass is 79.9. The van der Waals surface area contributed by atoms with Gasteiger partial charge in [-0.15, -0.1) is 11.3 Å². The van der Waals surface area contributed by atoms with Gasteiger partial charge in [0.15, 0.2) is 6.61 Å². The average molecular weight is 571 g/mol. The van der Waals surface area contributed by atoms with E-state index in [1.807, 2.05) is 0 Å². The molecule has 3 aromatic rings. The number of nitrogens with one attached hydrogen (secondary N) is 1. The Labute approximate surface area is 196 Å². The van der Waals surface area contributed by atoms with Crippen LogP contribution >= 0.6 is 43.2 Å². The number of hydrogen-bond acceptors (Lipinski definition) is 8. The number of nitrogens with zero attached hydrogens (tertiary/aromatic N) is 2. The van der Waals surface area contributed by atoms with Gasteiger partial charge in [0, 0.05) is 22.2 Å². The van der Waals surface area contributed by atoms with Crippen molar-refractivity contribution in [3.63, 3.8) is 0 Å². The first-order valence-corrected chi connectivity index (χ1v) is 10.9. The molecular weight excluding hydrogens is 558 g/mol. The first-order valence-electron chi connectivity index (χ1n) is 8.48. The first kappa shape index (κ1) is 22.8. The van der Waals surface area contributed by atoms with Crippen LogP contribution in [0.1, 0.15) is 15.2 Å². The highest BCUT2D eigenvalue weighted by molar-refractivity contribution is 9.11. The second-order valence-corrected chi connectivity index (χ2v) is 8.76. The van der Waals surface area contributed by atoms with E-state index in [9.17, 15) is 19.7 Å². The van der Waals surface area contributed by atoms with Crippen molar-refractivity contribution in [3.05, 3.63) is 65.9 Å². The molecule has 1 amide bonds.